The molecular formula is C25H28FN5. The molecule has 0 atom stereocenters. The van der Waals surface area contributed by atoms with E-state index in [4.69, 9.17) is 9.97 Å². The predicted molar refractivity (Wildman–Crippen MR) is 122 cm³/mol. The molecule has 0 saturated carbocycles. The second kappa shape index (κ2) is 8.63. The van der Waals surface area contributed by atoms with E-state index in [1.165, 1.54) is 34.5 Å². The van der Waals surface area contributed by atoms with Gasteiger partial charge in [0.05, 0.1) is 5.69 Å². The first kappa shape index (κ1) is 19.9. The van der Waals surface area contributed by atoms with Gasteiger partial charge in [-0.25, -0.2) is 14.4 Å². The van der Waals surface area contributed by atoms with Crippen molar-refractivity contribution in [3.05, 3.63) is 82.9 Å². The van der Waals surface area contributed by atoms with E-state index in [1.807, 2.05) is 18.3 Å². The number of fused-ring (bicyclic) bond motifs is 1. The SMILES string of the molecule is Cc1ccccc1CN1CCc2nc(N3CCN(c4ccc(F)cc4)CC3)ncc2C1. The molecule has 5 rings (SSSR count). The Kier molecular flexibility index (Phi) is 5.55. The number of hydrogen-bond acceptors (Lipinski definition) is 5. The number of halogens is 1. The van der Waals surface area contributed by atoms with E-state index in [2.05, 4.69) is 45.9 Å². The molecule has 0 radical (unpaired) electrons. The van der Waals surface area contributed by atoms with Crippen molar-refractivity contribution in [2.45, 2.75) is 26.4 Å². The Morgan fingerprint density at radius 1 is 0.903 bits per heavy atom. The first-order chi connectivity index (χ1) is 15.2. The molecule has 160 valence electrons. The molecule has 0 N–H and O–H groups in total. The van der Waals surface area contributed by atoms with Gasteiger partial charge in [0.2, 0.25) is 5.95 Å². The summed E-state index contributed by atoms with van der Waals surface area (Å²) in [6.45, 7) is 8.59. The standard InChI is InChI=1S/C25H28FN5/c1-19-4-2-3-5-20(19)17-29-11-10-24-21(18-29)16-27-25(28-24)31-14-12-30(13-15-31)23-8-6-22(26)7-9-23/h2-9,16H,10-15,17-18H2,1H3. The number of aromatic nitrogens is 2. The number of benzene rings is 2. The summed E-state index contributed by atoms with van der Waals surface area (Å²) in [5.74, 6) is 0.646. The van der Waals surface area contributed by atoms with Gasteiger partial charge >= 0.3 is 0 Å². The third kappa shape index (κ3) is 4.39. The minimum Gasteiger partial charge on any atom is -0.368 e. The lowest BCUT2D eigenvalue weighted by atomic mass is 10.0. The average Bonchev–Trinajstić information content (AvgIpc) is 2.81. The second-order valence-corrected chi connectivity index (χ2v) is 8.48. The molecule has 1 fully saturated rings. The Labute approximate surface area is 183 Å². The Morgan fingerprint density at radius 3 is 2.42 bits per heavy atom. The van der Waals surface area contributed by atoms with Crippen LogP contribution >= 0.6 is 0 Å². The topological polar surface area (TPSA) is 35.5 Å². The summed E-state index contributed by atoms with van der Waals surface area (Å²) < 4.78 is 13.2. The van der Waals surface area contributed by atoms with Gasteiger partial charge in [-0.1, -0.05) is 24.3 Å². The molecule has 0 spiro atoms. The van der Waals surface area contributed by atoms with E-state index in [0.717, 1.165) is 63.9 Å². The van der Waals surface area contributed by atoms with Crippen molar-refractivity contribution in [2.24, 2.45) is 0 Å². The van der Waals surface area contributed by atoms with Gasteiger partial charge in [-0.15, -0.1) is 0 Å². The molecule has 2 aliphatic rings. The van der Waals surface area contributed by atoms with Gasteiger partial charge in [-0.2, -0.15) is 0 Å². The quantitative estimate of drug-likeness (QED) is 0.645. The molecule has 5 nitrogen and oxygen atoms in total. The third-order valence-corrected chi connectivity index (χ3v) is 6.41. The summed E-state index contributed by atoms with van der Waals surface area (Å²) in [4.78, 5) is 16.7. The molecule has 0 unspecified atom stereocenters. The van der Waals surface area contributed by atoms with Crippen LogP contribution in [0.2, 0.25) is 0 Å². The maximum atomic E-state index is 13.2. The minimum absolute atomic E-state index is 0.192. The Morgan fingerprint density at radius 2 is 1.65 bits per heavy atom. The van der Waals surface area contributed by atoms with Crippen molar-refractivity contribution < 1.29 is 4.39 Å². The summed E-state index contributed by atoms with van der Waals surface area (Å²) >= 11 is 0. The van der Waals surface area contributed by atoms with Gasteiger partial charge < -0.3 is 9.80 Å². The van der Waals surface area contributed by atoms with E-state index in [1.54, 1.807) is 0 Å². The van der Waals surface area contributed by atoms with Gasteiger partial charge in [-0.05, 0) is 42.3 Å². The molecule has 1 aromatic heterocycles. The number of nitrogens with zero attached hydrogens (tertiary/aromatic N) is 5. The Bertz CT molecular complexity index is 1040. The van der Waals surface area contributed by atoms with Crippen LogP contribution in [-0.4, -0.2) is 47.6 Å². The van der Waals surface area contributed by atoms with Crippen molar-refractivity contribution in [1.82, 2.24) is 14.9 Å². The molecule has 3 heterocycles. The van der Waals surface area contributed by atoms with E-state index < -0.39 is 0 Å². The van der Waals surface area contributed by atoms with Crippen LogP contribution in [0.3, 0.4) is 0 Å². The zero-order chi connectivity index (χ0) is 21.2. The van der Waals surface area contributed by atoms with Crippen LogP contribution in [0, 0.1) is 12.7 Å². The summed E-state index contributed by atoms with van der Waals surface area (Å²) in [6, 6.07) is 15.4. The highest BCUT2D eigenvalue weighted by Crippen LogP contribution is 2.23. The Hall–Kier alpha value is -2.99. The summed E-state index contributed by atoms with van der Waals surface area (Å²) in [5, 5.41) is 0. The van der Waals surface area contributed by atoms with Crippen LogP contribution in [0.4, 0.5) is 16.0 Å². The van der Waals surface area contributed by atoms with Crippen molar-refractivity contribution in [3.8, 4) is 0 Å². The summed E-state index contributed by atoms with van der Waals surface area (Å²) in [7, 11) is 0. The number of anilines is 2. The number of piperazine rings is 1. The molecule has 2 aromatic carbocycles. The maximum Gasteiger partial charge on any atom is 0.225 e. The van der Waals surface area contributed by atoms with Crippen molar-refractivity contribution in [1.29, 1.82) is 0 Å². The van der Waals surface area contributed by atoms with Crippen molar-refractivity contribution in [2.75, 3.05) is 42.5 Å². The lowest BCUT2D eigenvalue weighted by Gasteiger charge is -2.36. The van der Waals surface area contributed by atoms with E-state index in [-0.39, 0.29) is 5.82 Å². The van der Waals surface area contributed by atoms with Gasteiger partial charge in [0.1, 0.15) is 5.82 Å². The average molecular weight is 418 g/mol. The lowest BCUT2D eigenvalue weighted by Crippen LogP contribution is -2.47. The molecule has 0 bridgehead atoms. The number of rotatable bonds is 4. The molecule has 3 aromatic rings. The Balaban J connectivity index is 1.21. The largest absolute Gasteiger partial charge is 0.368 e. The third-order valence-electron chi connectivity index (χ3n) is 6.41. The first-order valence-electron chi connectivity index (χ1n) is 11.0. The fraction of sp³-hybridized carbons (Fsp3) is 0.360. The lowest BCUT2D eigenvalue weighted by molar-refractivity contribution is 0.242. The molecular weight excluding hydrogens is 389 g/mol. The van der Waals surface area contributed by atoms with Crippen LogP contribution in [0.25, 0.3) is 0 Å². The van der Waals surface area contributed by atoms with Gasteiger partial charge in [-0.3, -0.25) is 4.90 Å². The highest BCUT2D eigenvalue weighted by molar-refractivity contribution is 5.48. The molecule has 1 saturated heterocycles. The zero-order valence-corrected chi connectivity index (χ0v) is 18.0. The smallest absolute Gasteiger partial charge is 0.225 e. The molecule has 31 heavy (non-hydrogen) atoms. The van der Waals surface area contributed by atoms with Crippen LogP contribution in [0.1, 0.15) is 22.4 Å². The molecule has 6 heteroatoms. The number of hydrogen-bond donors (Lipinski definition) is 0. The summed E-state index contributed by atoms with van der Waals surface area (Å²) in [5.41, 5.74) is 6.24. The highest BCUT2D eigenvalue weighted by atomic mass is 19.1. The molecule has 2 aliphatic heterocycles. The zero-order valence-electron chi connectivity index (χ0n) is 18.0. The fourth-order valence-corrected chi connectivity index (χ4v) is 4.50. The second-order valence-electron chi connectivity index (χ2n) is 8.48. The minimum atomic E-state index is -0.192. The maximum absolute atomic E-state index is 13.2. The van der Waals surface area contributed by atoms with E-state index in [0.29, 0.717) is 0 Å². The van der Waals surface area contributed by atoms with Crippen molar-refractivity contribution in [3.63, 3.8) is 0 Å². The first-order valence-corrected chi connectivity index (χ1v) is 11.0. The van der Waals surface area contributed by atoms with Gasteiger partial charge in [0, 0.05) is 69.7 Å². The van der Waals surface area contributed by atoms with E-state index in [9.17, 15) is 4.39 Å². The monoisotopic (exact) mass is 417 g/mol. The van der Waals surface area contributed by atoms with Gasteiger partial charge in [0.25, 0.3) is 0 Å². The van der Waals surface area contributed by atoms with Crippen LogP contribution in [0.15, 0.2) is 54.7 Å². The number of aryl methyl sites for hydroxylation is 1. The predicted octanol–water partition coefficient (Wildman–Crippen LogP) is 3.81. The highest BCUT2D eigenvalue weighted by Gasteiger charge is 2.23. The van der Waals surface area contributed by atoms with Gasteiger partial charge in [0.15, 0.2) is 0 Å². The molecule has 0 amide bonds. The normalized spacial score (nSPS) is 17.0. The van der Waals surface area contributed by atoms with Crippen molar-refractivity contribution >= 4 is 11.6 Å². The molecule has 0 aliphatic carbocycles. The van der Waals surface area contributed by atoms with Crippen LogP contribution < -0.4 is 9.80 Å². The summed E-state index contributed by atoms with van der Waals surface area (Å²) in [6.07, 6.45) is 2.99. The fourth-order valence-electron chi connectivity index (χ4n) is 4.50. The van der Waals surface area contributed by atoms with E-state index >= 15 is 0 Å². The van der Waals surface area contributed by atoms with Crippen LogP contribution in [0.5, 0.6) is 0 Å². The van der Waals surface area contributed by atoms with Crippen LogP contribution in [-0.2, 0) is 19.5 Å².